The maximum absolute atomic E-state index is 15.2. The average Bonchev–Trinajstić information content (AvgIpc) is 0.850. The number of primary amides is 1. The number of nitrogens with two attached hydrogens (primary N) is 1. The molecule has 0 unspecified atom stereocenters. The number of hydrogen-bond acceptors (Lipinski definition) is 14. The Balaban J connectivity index is 4.46. The van der Waals surface area contributed by atoms with Crippen LogP contribution in [0, 0.1) is 41.4 Å². The molecule has 90 heavy (non-hydrogen) atoms. The van der Waals surface area contributed by atoms with Crippen LogP contribution >= 0.6 is 0 Å². The van der Waals surface area contributed by atoms with Gasteiger partial charge in [-0.2, -0.15) is 0 Å². The highest BCUT2D eigenvalue weighted by atomic mass is 16.5. The Kier molecular flexibility index (Phi) is 34.0. The summed E-state index contributed by atoms with van der Waals surface area (Å²) in [7, 11) is 9.65. The van der Waals surface area contributed by atoms with E-state index in [4.69, 9.17) is 10.5 Å². The minimum absolute atomic E-state index is 0.00197. The van der Waals surface area contributed by atoms with Crippen LogP contribution < -0.4 is 27.0 Å². The van der Waals surface area contributed by atoms with Crippen molar-refractivity contribution in [2.24, 2.45) is 47.2 Å². The van der Waals surface area contributed by atoms with Crippen molar-refractivity contribution in [1.82, 2.24) is 55.6 Å². The van der Waals surface area contributed by atoms with E-state index in [0.717, 1.165) is 14.7 Å². The Morgan fingerprint density at radius 3 is 1.42 bits per heavy atom. The fraction of sp³-hybridized carbons (Fsp3) is 0.781. The lowest BCUT2D eigenvalue weighted by atomic mass is 9.91. The van der Waals surface area contributed by atoms with Crippen LogP contribution in [0.15, 0.2) is 12.2 Å². The zero-order valence-corrected chi connectivity index (χ0v) is 58.4. The second-order valence-corrected chi connectivity index (χ2v) is 26.9. The van der Waals surface area contributed by atoms with Gasteiger partial charge < -0.3 is 71.1 Å². The number of carbonyl (C=O) groups is 12. The summed E-state index contributed by atoms with van der Waals surface area (Å²) in [6.07, 6.45) is 2.68. The summed E-state index contributed by atoms with van der Waals surface area (Å²) >= 11 is 0. The molecule has 1 heterocycles. The number of allylic oxidation sites excluding steroid dienone is 2. The van der Waals surface area contributed by atoms with Gasteiger partial charge in [-0.25, -0.2) is 0 Å². The van der Waals surface area contributed by atoms with E-state index in [1.165, 1.54) is 75.9 Å². The van der Waals surface area contributed by atoms with Crippen LogP contribution in [0.2, 0.25) is 0 Å². The molecule has 1 saturated heterocycles. The third-order valence-corrected chi connectivity index (χ3v) is 16.5. The van der Waals surface area contributed by atoms with Crippen molar-refractivity contribution < 1.29 is 67.4 Å². The van der Waals surface area contributed by atoms with Crippen molar-refractivity contribution >= 4 is 70.9 Å². The number of nitrogens with one attached hydrogen (secondary N) is 4. The van der Waals surface area contributed by atoms with Gasteiger partial charge in [0.2, 0.25) is 70.9 Å². The maximum atomic E-state index is 15.2. The number of aliphatic hydroxyl groups is 1. The van der Waals surface area contributed by atoms with E-state index < -0.39 is 175 Å². The van der Waals surface area contributed by atoms with Gasteiger partial charge in [-0.15, -0.1) is 0 Å². The van der Waals surface area contributed by atoms with Crippen molar-refractivity contribution in [1.29, 1.82) is 0 Å². The second-order valence-electron chi connectivity index (χ2n) is 26.9. The Morgan fingerprint density at radius 2 is 0.967 bits per heavy atom. The zero-order valence-electron chi connectivity index (χ0n) is 58.4. The van der Waals surface area contributed by atoms with Crippen molar-refractivity contribution in [2.45, 2.75) is 216 Å². The molecule has 1 fully saturated rings. The first-order chi connectivity index (χ1) is 41.6. The fourth-order valence-corrected chi connectivity index (χ4v) is 11.0. The topological polar surface area (TPSA) is 331 Å². The Hall–Kier alpha value is -6.70. The SMILES string of the molecule is C/C=C/C[C@@H](C)[C@@H](O)[C@H]1C(=O)N[C@@H](CC)C(=O)N(C)CC(=O)N(C)[C@@H](CC(C)C)C(=O)N[C@@H](C(C)C)C(=O)N(C)[C@@H](CC(C)C)C(=O)N[C@@H](C)C(=O)N[C@H](COCC(N)=O)C(=O)N(C)[C@@H](CC(C)C)C(=O)N(C)[C@@H](CC(C)C)C(=O)N(C)[C@@H](C(C)C)C(=O)N1C. The van der Waals surface area contributed by atoms with Gasteiger partial charge in [-0.05, 0) is 93.8 Å². The van der Waals surface area contributed by atoms with Crippen molar-refractivity contribution in [2.75, 3.05) is 69.1 Å². The summed E-state index contributed by atoms with van der Waals surface area (Å²) < 4.78 is 5.50. The molecule has 0 bridgehead atoms. The molecule has 0 radical (unpaired) electrons. The van der Waals surface area contributed by atoms with Gasteiger partial charge in [0, 0.05) is 49.3 Å². The molecular weight excluding hydrogens is 1160 g/mol. The molecule has 0 aromatic rings. The number of amides is 12. The highest BCUT2D eigenvalue weighted by Gasteiger charge is 2.46. The quantitative estimate of drug-likeness (QED) is 0.100. The monoisotopic (exact) mass is 1270 g/mol. The molecule has 12 atom stereocenters. The van der Waals surface area contributed by atoms with Crippen LogP contribution in [-0.2, 0) is 62.3 Å². The van der Waals surface area contributed by atoms with Crippen LogP contribution in [0.4, 0.5) is 0 Å². The number of nitrogens with zero attached hydrogens (tertiary/aromatic N) is 7. The Morgan fingerprint density at radius 1 is 0.533 bits per heavy atom. The normalized spacial score (nSPS) is 26.0. The first-order valence-corrected chi connectivity index (χ1v) is 31.8. The standard InChI is InChI=1S/C64H114N12O14/c1-24-26-27-41(15)54(79)53-58(83)67-43(25-2)59(84)70(17)32-50(78)71(18)45(28-35(3)4)57(82)69-51(39(11)12)63(88)72(19)46(29-36(5)6)56(81)66-42(16)55(80)68-44(33-90-34-49(65)77)60(85)73(20)47(30-37(7)8)61(86)74(21)48(31-38(9)10)62(87)75(22)52(40(13)14)64(89)76(53)23/h24,26,35-48,51-54,79H,25,27-34H2,1-23H3,(H2,65,77)(H,66,81)(H,67,83)(H,68,80)(H,69,82)/b26-24+/t41-,42+,43+,44-,45+,46+,47+,48+,51+,52+,53+,54-/m1/s1. The molecule has 1 rings (SSSR count). The summed E-state index contributed by atoms with van der Waals surface area (Å²) in [6.45, 7) is 26.1. The smallest absolute Gasteiger partial charge is 0.247 e. The molecule has 26 nitrogen and oxygen atoms in total. The third kappa shape index (κ3) is 23.5. The number of rotatable bonds is 19. The van der Waals surface area contributed by atoms with Crippen LogP contribution in [0.1, 0.15) is 149 Å². The fourth-order valence-electron chi connectivity index (χ4n) is 11.0. The van der Waals surface area contributed by atoms with E-state index >= 15 is 14.4 Å². The van der Waals surface area contributed by atoms with E-state index in [1.54, 1.807) is 60.6 Å². The van der Waals surface area contributed by atoms with Gasteiger partial charge in [0.05, 0.1) is 19.3 Å². The molecule has 26 heteroatoms. The molecular formula is C64H114N12O14. The Bertz CT molecular complexity index is 2490. The number of carbonyl (C=O) groups excluding carboxylic acids is 12. The molecule has 514 valence electrons. The van der Waals surface area contributed by atoms with Gasteiger partial charge in [-0.3, -0.25) is 57.5 Å². The predicted octanol–water partition coefficient (Wildman–Crippen LogP) is 1.75. The molecule has 1 aliphatic heterocycles. The molecule has 0 spiro atoms. The van der Waals surface area contributed by atoms with E-state index in [2.05, 4.69) is 21.3 Å². The van der Waals surface area contributed by atoms with Gasteiger partial charge >= 0.3 is 0 Å². The molecule has 12 amide bonds. The van der Waals surface area contributed by atoms with Gasteiger partial charge in [0.25, 0.3) is 0 Å². The predicted molar refractivity (Wildman–Crippen MR) is 343 cm³/mol. The van der Waals surface area contributed by atoms with Gasteiger partial charge in [0.1, 0.15) is 67.0 Å². The molecule has 0 aromatic carbocycles. The summed E-state index contributed by atoms with van der Waals surface area (Å²) in [6, 6.07) is -13.4. The number of likely N-dealkylation sites (N-methyl/N-ethyl adjacent to an activating group) is 7. The van der Waals surface area contributed by atoms with E-state index in [1.807, 2.05) is 55.4 Å². The van der Waals surface area contributed by atoms with Gasteiger partial charge in [0.15, 0.2) is 0 Å². The molecule has 0 aromatic heterocycles. The van der Waals surface area contributed by atoms with Gasteiger partial charge in [-0.1, -0.05) is 109 Å². The first-order valence-electron chi connectivity index (χ1n) is 31.8. The minimum atomic E-state index is -1.64. The molecule has 0 saturated carbocycles. The molecule has 7 N–H and O–H groups in total. The summed E-state index contributed by atoms with van der Waals surface area (Å²) in [4.78, 5) is 182. The summed E-state index contributed by atoms with van der Waals surface area (Å²) in [5, 5.41) is 23.0. The molecule has 0 aliphatic carbocycles. The van der Waals surface area contributed by atoms with Crippen LogP contribution in [0.25, 0.3) is 0 Å². The lowest BCUT2D eigenvalue weighted by Gasteiger charge is -2.41. The van der Waals surface area contributed by atoms with E-state index in [0.29, 0.717) is 0 Å². The number of ether oxygens (including phenoxy) is 1. The van der Waals surface area contributed by atoms with Crippen LogP contribution in [0.5, 0.6) is 0 Å². The maximum Gasteiger partial charge on any atom is 0.247 e. The van der Waals surface area contributed by atoms with Crippen LogP contribution in [0.3, 0.4) is 0 Å². The first kappa shape index (κ1) is 81.3. The zero-order chi connectivity index (χ0) is 69.7. The average molecular weight is 1280 g/mol. The van der Waals surface area contributed by atoms with Crippen molar-refractivity contribution in [3.8, 4) is 0 Å². The van der Waals surface area contributed by atoms with Crippen LogP contribution in [-0.4, -0.2) is 246 Å². The lowest BCUT2D eigenvalue weighted by Crippen LogP contribution is -2.63. The summed E-state index contributed by atoms with van der Waals surface area (Å²) in [5.41, 5.74) is 5.39. The molecule has 1 aliphatic rings. The minimum Gasteiger partial charge on any atom is -0.390 e. The second kappa shape index (κ2) is 37.6. The number of hydrogen-bond donors (Lipinski definition) is 6. The van der Waals surface area contributed by atoms with E-state index in [-0.39, 0.29) is 62.2 Å². The number of aliphatic hydroxyl groups excluding tert-OH is 1. The summed E-state index contributed by atoms with van der Waals surface area (Å²) in [5.74, 6) is -11.7. The third-order valence-electron chi connectivity index (χ3n) is 16.5. The highest BCUT2D eigenvalue weighted by Crippen LogP contribution is 2.26. The largest absolute Gasteiger partial charge is 0.390 e. The van der Waals surface area contributed by atoms with E-state index in [9.17, 15) is 48.3 Å². The lowest BCUT2D eigenvalue weighted by molar-refractivity contribution is -0.157. The Labute approximate surface area is 536 Å². The van der Waals surface area contributed by atoms with Crippen molar-refractivity contribution in [3.05, 3.63) is 12.2 Å². The van der Waals surface area contributed by atoms with Crippen molar-refractivity contribution in [3.63, 3.8) is 0 Å². The highest BCUT2D eigenvalue weighted by molar-refractivity contribution is 5.99.